The van der Waals surface area contributed by atoms with Crippen molar-refractivity contribution < 1.29 is 9.53 Å². The van der Waals surface area contributed by atoms with Crippen molar-refractivity contribution in [3.63, 3.8) is 0 Å². The molecule has 122 valence electrons. The molecule has 0 radical (unpaired) electrons. The number of nitrogens with one attached hydrogen (secondary N) is 1. The smallest absolute Gasteiger partial charge is 0.411 e. The molecule has 3 fully saturated rings. The first-order chi connectivity index (χ1) is 11.2. The van der Waals surface area contributed by atoms with Gasteiger partial charge in [0.05, 0.1) is 0 Å². The fourth-order valence-electron chi connectivity index (χ4n) is 3.53. The van der Waals surface area contributed by atoms with E-state index in [4.69, 9.17) is 11.2 Å². The third kappa shape index (κ3) is 3.82. The Kier molecular flexibility index (Phi) is 5.14. The van der Waals surface area contributed by atoms with Gasteiger partial charge in [-0.1, -0.05) is 6.07 Å². The number of nitrogens with zero attached hydrogens (tertiary/aromatic N) is 1. The van der Waals surface area contributed by atoms with E-state index in [1.807, 2.05) is 30.5 Å². The van der Waals surface area contributed by atoms with Gasteiger partial charge in [0.1, 0.15) is 6.61 Å². The summed E-state index contributed by atoms with van der Waals surface area (Å²) in [4.78, 5) is 15.5. The summed E-state index contributed by atoms with van der Waals surface area (Å²) in [5.74, 6) is 3.85. The van der Waals surface area contributed by atoms with Crippen LogP contribution in [-0.2, 0) is 4.74 Å². The SMILES string of the molecule is C#C[C@H]1CN2CC[C@@H]1C[C@@H]2COC(=O)Nc1cccc(SC)c1. The van der Waals surface area contributed by atoms with E-state index >= 15 is 0 Å². The van der Waals surface area contributed by atoms with E-state index in [1.165, 1.54) is 6.42 Å². The number of amides is 1. The van der Waals surface area contributed by atoms with E-state index in [-0.39, 0.29) is 6.09 Å². The number of terminal acetylenes is 1. The van der Waals surface area contributed by atoms with E-state index in [1.54, 1.807) is 11.8 Å². The minimum Gasteiger partial charge on any atom is -0.448 e. The molecule has 0 aliphatic carbocycles. The molecular formula is C18H22N2O2S. The van der Waals surface area contributed by atoms with Crippen LogP contribution < -0.4 is 5.32 Å². The maximum absolute atomic E-state index is 12.0. The zero-order valence-electron chi connectivity index (χ0n) is 13.3. The molecular weight excluding hydrogens is 308 g/mol. The van der Waals surface area contributed by atoms with Gasteiger partial charge in [0.2, 0.25) is 0 Å². The number of piperidine rings is 3. The number of carbonyl (C=O) groups excluding carboxylic acids is 1. The zero-order valence-corrected chi connectivity index (χ0v) is 14.1. The van der Waals surface area contributed by atoms with Crippen LogP contribution >= 0.6 is 11.8 Å². The predicted octanol–water partition coefficient (Wildman–Crippen LogP) is 3.30. The van der Waals surface area contributed by atoms with E-state index in [0.717, 1.165) is 30.1 Å². The molecule has 1 aromatic rings. The fourth-order valence-corrected chi connectivity index (χ4v) is 3.99. The Morgan fingerprint density at radius 3 is 3.13 bits per heavy atom. The Bertz CT molecular complexity index is 613. The van der Waals surface area contributed by atoms with Crippen LogP contribution in [0.4, 0.5) is 10.5 Å². The number of carbonyl (C=O) groups is 1. The normalized spacial score (nSPS) is 28.9. The number of anilines is 1. The van der Waals surface area contributed by atoms with Gasteiger partial charge in [-0.3, -0.25) is 10.2 Å². The van der Waals surface area contributed by atoms with Gasteiger partial charge < -0.3 is 4.74 Å². The first kappa shape index (κ1) is 16.2. The largest absolute Gasteiger partial charge is 0.448 e. The lowest BCUT2D eigenvalue weighted by Gasteiger charge is -2.48. The molecule has 3 saturated heterocycles. The molecule has 1 N–H and O–H groups in total. The molecule has 0 spiro atoms. The van der Waals surface area contributed by atoms with Crippen molar-refractivity contribution in [3.05, 3.63) is 24.3 Å². The van der Waals surface area contributed by atoms with E-state index in [2.05, 4.69) is 16.1 Å². The molecule has 5 heteroatoms. The molecule has 1 amide bonds. The lowest BCUT2D eigenvalue weighted by Crippen LogP contribution is -2.54. The highest BCUT2D eigenvalue weighted by molar-refractivity contribution is 7.98. The lowest BCUT2D eigenvalue weighted by molar-refractivity contribution is -0.00665. The Hall–Kier alpha value is -1.64. The summed E-state index contributed by atoms with van der Waals surface area (Å²) in [5.41, 5.74) is 0.764. The number of hydrogen-bond acceptors (Lipinski definition) is 4. The van der Waals surface area contributed by atoms with Crippen LogP contribution in [0.2, 0.25) is 0 Å². The van der Waals surface area contributed by atoms with Gasteiger partial charge in [-0.15, -0.1) is 24.1 Å². The number of rotatable bonds is 4. The number of ether oxygens (including phenoxy) is 1. The first-order valence-electron chi connectivity index (χ1n) is 7.97. The third-order valence-electron chi connectivity index (χ3n) is 4.82. The van der Waals surface area contributed by atoms with Crippen LogP contribution in [0.5, 0.6) is 0 Å². The monoisotopic (exact) mass is 330 g/mol. The predicted molar refractivity (Wildman–Crippen MR) is 93.6 cm³/mol. The molecule has 2 bridgehead atoms. The fraction of sp³-hybridized carbons (Fsp3) is 0.500. The van der Waals surface area contributed by atoms with Crippen molar-refractivity contribution in [1.82, 2.24) is 4.90 Å². The molecule has 0 aromatic heterocycles. The lowest BCUT2D eigenvalue weighted by atomic mass is 9.76. The van der Waals surface area contributed by atoms with E-state index < -0.39 is 0 Å². The summed E-state index contributed by atoms with van der Waals surface area (Å²) >= 11 is 1.64. The Balaban J connectivity index is 1.49. The van der Waals surface area contributed by atoms with Crippen LogP contribution in [0.15, 0.2) is 29.2 Å². The number of benzene rings is 1. The van der Waals surface area contributed by atoms with Gasteiger partial charge in [-0.05, 0) is 49.8 Å². The second-order valence-corrected chi connectivity index (χ2v) is 7.04. The molecule has 3 aliphatic heterocycles. The minimum atomic E-state index is -0.389. The number of fused-ring (bicyclic) bond motifs is 3. The number of thioether (sulfide) groups is 1. The average molecular weight is 330 g/mol. The summed E-state index contributed by atoms with van der Waals surface area (Å²) in [5, 5.41) is 2.79. The van der Waals surface area contributed by atoms with Gasteiger partial charge in [0.25, 0.3) is 0 Å². The molecule has 4 atom stereocenters. The third-order valence-corrected chi connectivity index (χ3v) is 5.54. The molecule has 3 aliphatic rings. The molecule has 4 rings (SSSR count). The maximum atomic E-state index is 12.0. The standard InChI is InChI=1S/C18H22N2O2S/c1-3-13-11-20-8-7-14(13)9-16(20)12-22-18(21)19-15-5-4-6-17(10-15)23-2/h1,4-6,10,13-14,16H,7-9,11-12H2,2H3,(H,19,21)/t13-,14+,16+/m0/s1. The second-order valence-electron chi connectivity index (χ2n) is 6.16. The van der Waals surface area contributed by atoms with Crippen molar-refractivity contribution in [2.75, 3.05) is 31.3 Å². The zero-order chi connectivity index (χ0) is 16.2. The van der Waals surface area contributed by atoms with Crippen molar-refractivity contribution in [2.45, 2.75) is 23.8 Å². The van der Waals surface area contributed by atoms with Gasteiger partial charge >= 0.3 is 6.09 Å². The van der Waals surface area contributed by atoms with Crippen molar-refractivity contribution in [1.29, 1.82) is 0 Å². The Labute approximate surface area is 142 Å². The molecule has 3 heterocycles. The van der Waals surface area contributed by atoms with Crippen molar-refractivity contribution >= 4 is 23.5 Å². The Morgan fingerprint density at radius 1 is 1.57 bits per heavy atom. The van der Waals surface area contributed by atoms with Gasteiger partial charge in [-0.25, -0.2) is 4.79 Å². The Morgan fingerprint density at radius 2 is 2.43 bits per heavy atom. The van der Waals surface area contributed by atoms with Gasteiger partial charge in [0.15, 0.2) is 0 Å². The molecule has 1 aromatic carbocycles. The van der Waals surface area contributed by atoms with Crippen LogP contribution in [0.25, 0.3) is 0 Å². The van der Waals surface area contributed by atoms with Crippen LogP contribution in [0.1, 0.15) is 12.8 Å². The summed E-state index contributed by atoms with van der Waals surface area (Å²) in [6.45, 7) is 2.43. The highest BCUT2D eigenvalue weighted by Crippen LogP contribution is 2.35. The molecule has 4 nitrogen and oxygen atoms in total. The number of hydrogen-bond donors (Lipinski definition) is 1. The molecule has 23 heavy (non-hydrogen) atoms. The highest BCUT2D eigenvalue weighted by Gasteiger charge is 2.39. The molecule has 1 unspecified atom stereocenters. The average Bonchev–Trinajstić information content (AvgIpc) is 2.60. The van der Waals surface area contributed by atoms with Gasteiger partial charge in [0, 0.05) is 29.1 Å². The van der Waals surface area contributed by atoms with Crippen LogP contribution in [0, 0.1) is 24.2 Å². The van der Waals surface area contributed by atoms with E-state index in [0.29, 0.717) is 24.5 Å². The second kappa shape index (κ2) is 7.29. The van der Waals surface area contributed by atoms with Crippen molar-refractivity contribution in [2.24, 2.45) is 11.8 Å². The molecule has 0 saturated carbocycles. The maximum Gasteiger partial charge on any atom is 0.411 e. The van der Waals surface area contributed by atoms with Crippen LogP contribution in [-0.4, -0.2) is 43.0 Å². The highest BCUT2D eigenvalue weighted by atomic mass is 32.2. The van der Waals surface area contributed by atoms with E-state index in [9.17, 15) is 4.79 Å². The summed E-state index contributed by atoms with van der Waals surface area (Å²) < 4.78 is 5.43. The van der Waals surface area contributed by atoms with Gasteiger partial charge in [-0.2, -0.15) is 0 Å². The van der Waals surface area contributed by atoms with Crippen molar-refractivity contribution in [3.8, 4) is 12.3 Å². The quantitative estimate of drug-likeness (QED) is 0.679. The van der Waals surface area contributed by atoms with Crippen LogP contribution in [0.3, 0.4) is 0 Å². The summed E-state index contributed by atoms with van der Waals surface area (Å²) in [7, 11) is 0. The topological polar surface area (TPSA) is 41.6 Å². The first-order valence-corrected chi connectivity index (χ1v) is 9.20. The summed E-state index contributed by atoms with van der Waals surface area (Å²) in [6.07, 6.45) is 9.41. The summed E-state index contributed by atoms with van der Waals surface area (Å²) in [6, 6.07) is 8.05. The minimum absolute atomic E-state index is 0.307.